The first-order valence-electron chi connectivity index (χ1n) is 6.17. The number of aromatic carboxylic acids is 1. The van der Waals surface area contributed by atoms with E-state index in [1.165, 1.54) is 22.5 Å². The maximum atomic E-state index is 11.0. The van der Waals surface area contributed by atoms with E-state index in [2.05, 4.69) is 28.1 Å². The van der Waals surface area contributed by atoms with Gasteiger partial charge in [-0.1, -0.05) is 24.3 Å². The number of benzene rings is 1. The molecule has 2 aromatic rings. The average Bonchev–Trinajstić information content (AvgIpc) is 2.80. The molecule has 0 saturated heterocycles. The van der Waals surface area contributed by atoms with E-state index in [-0.39, 0.29) is 5.69 Å². The fourth-order valence-corrected chi connectivity index (χ4v) is 3.30. The predicted molar refractivity (Wildman–Crippen MR) is 75.0 cm³/mol. The fraction of sp³-hybridized carbons (Fsp3) is 0.286. The molecule has 4 nitrogen and oxygen atoms in total. The number of rotatable bonds is 2. The van der Waals surface area contributed by atoms with Gasteiger partial charge in [-0.15, -0.1) is 11.3 Å². The number of nitrogens with zero attached hydrogens (tertiary/aromatic N) is 2. The van der Waals surface area contributed by atoms with Crippen molar-refractivity contribution in [3.05, 3.63) is 46.0 Å². The molecule has 1 aliphatic heterocycles. The van der Waals surface area contributed by atoms with E-state index in [1.54, 1.807) is 0 Å². The van der Waals surface area contributed by atoms with Crippen LogP contribution in [0.5, 0.6) is 0 Å². The zero-order valence-electron chi connectivity index (χ0n) is 10.6. The third-order valence-electron chi connectivity index (χ3n) is 3.39. The normalized spacial score (nSPS) is 14.3. The Balaban J connectivity index is 1.89. The summed E-state index contributed by atoms with van der Waals surface area (Å²) in [5.41, 5.74) is 2.86. The summed E-state index contributed by atoms with van der Waals surface area (Å²) in [4.78, 5) is 18.2. The molecule has 1 aromatic carbocycles. The quantitative estimate of drug-likeness (QED) is 0.915. The summed E-state index contributed by atoms with van der Waals surface area (Å²) in [6, 6.07) is 8.38. The molecule has 1 N–H and O–H groups in total. The number of hydrogen-bond donors (Lipinski definition) is 1. The van der Waals surface area contributed by atoms with Gasteiger partial charge in [0.25, 0.3) is 0 Å². The first-order valence-corrected chi connectivity index (χ1v) is 6.99. The molecule has 0 spiro atoms. The Morgan fingerprint density at radius 3 is 2.79 bits per heavy atom. The van der Waals surface area contributed by atoms with Gasteiger partial charge in [-0.3, -0.25) is 0 Å². The zero-order valence-corrected chi connectivity index (χ0v) is 11.4. The SMILES string of the molecule is Cc1sc(N2CCc3ccccc3C2)nc1C(=O)O. The van der Waals surface area contributed by atoms with Crippen LogP contribution in [0, 0.1) is 6.92 Å². The highest BCUT2D eigenvalue weighted by Gasteiger charge is 2.21. The molecule has 0 radical (unpaired) electrons. The lowest BCUT2D eigenvalue weighted by Gasteiger charge is -2.28. The smallest absolute Gasteiger partial charge is 0.355 e. The minimum Gasteiger partial charge on any atom is -0.476 e. The Morgan fingerprint density at radius 1 is 1.37 bits per heavy atom. The lowest BCUT2D eigenvalue weighted by molar-refractivity contribution is 0.0690. The van der Waals surface area contributed by atoms with Gasteiger partial charge in [0.05, 0.1) is 0 Å². The van der Waals surface area contributed by atoms with Gasteiger partial charge in [0.2, 0.25) is 0 Å². The fourth-order valence-electron chi connectivity index (χ4n) is 2.38. The molecule has 1 aliphatic rings. The zero-order chi connectivity index (χ0) is 13.4. The molecule has 0 aliphatic carbocycles. The maximum absolute atomic E-state index is 11.0. The lowest BCUT2D eigenvalue weighted by Crippen LogP contribution is -2.30. The molecule has 0 bridgehead atoms. The van der Waals surface area contributed by atoms with E-state index in [0.717, 1.165) is 29.5 Å². The third kappa shape index (κ3) is 2.21. The van der Waals surface area contributed by atoms with E-state index >= 15 is 0 Å². The van der Waals surface area contributed by atoms with Crippen LogP contribution in [-0.4, -0.2) is 22.6 Å². The second-order valence-corrected chi connectivity index (χ2v) is 5.83. The standard InChI is InChI=1S/C14H14N2O2S/c1-9-12(13(17)18)15-14(19-9)16-7-6-10-4-2-3-5-11(10)8-16/h2-5H,6-8H2,1H3,(H,17,18). The minimum atomic E-state index is -0.947. The van der Waals surface area contributed by atoms with Gasteiger partial charge in [0.1, 0.15) is 0 Å². The van der Waals surface area contributed by atoms with Gasteiger partial charge in [-0.25, -0.2) is 9.78 Å². The van der Waals surface area contributed by atoms with E-state index < -0.39 is 5.97 Å². The second-order valence-electron chi connectivity index (χ2n) is 4.65. The van der Waals surface area contributed by atoms with Crippen molar-refractivity contribution in [3.63, 3.8) is 0 Å². The summed E-state index contributed by atoms with van der Waals surface area (Å²) in [5.74, 6) is -0.947. The van der Waals surface area contributed by atoms with Crippen LogP contribution in [-0.2, 0) is 13.0 Å². The van der Waals surface area contributed by atoms with Crippen molar-refractivity contribution in [1.29, 1.82) is 0 Å². The van der Waals surface area contributed by atoms with Gasteiger partial charge >= 0.3 is 5.97 Å². The highest BCUT2D eigenvalue weighted by molar-refractivity contribution is 7.15. The lowest BCUT2D eigenvalue weighted by atomic mass is 10.0. The van der Waals surface area contributed by atoms with E-state index in [4.69, 9.17) is 5.11 Å². The monoisotopic (exact) mass is 274 g/mol. The number of hydrogen-bond acceptors (Lipinski definition) is 4. The second kappa shape index (κ2) is 4.66. The maximum Gasteiger partial charge on any atom is 0.355 e. The Kier molecular flexibility index (Phi) is 2.98. The first kappa shape index (κ1) is 12.2. The molecule has 0 atom stereocenters. The summed E-state index contributed by atoms with van der Waals surface area (Å²) in [6.45, 7) is 3.51. The first-order chi connectivity index (χ1) is 9.15. The Bertz CT molecular complexity index is 636. The number of aryl methyl sites for hydroxylation is 1. The molecule has 3 rings (SSSR count). The number of thiazole rings is 1. The average molecular weight is 274 g/mol. The van der Waals surface area contributed by atoms with E-state index in [9.17, 15) is 4.79 Å². The number of fused-ring (bicyclic) bond motifs is 1. The van der Waals surface area contributed by atoms with Gasteiger partial charge < -0.3 is 10.0 Å². The topological polar surface area (TPSA) is 53.4 Å². The molecular formula is C14H14N2O2S. The Labute approximate surface area is 115 Å². The molecule has 0 amide bonds. The van der Waals surface area contributed by atoms with Gasteiger partial charge in [-0.05, 0) is 24.5 Å². The van der Waals surface area contributed by atoms with E-state index in [0.29, 0.717) is 0 Å². The Morgan fingerprint density at radius 2 is 2.11 bits per heavy atom. The number of carboxylic acids is 1. The van der Waals surface area contributed by atoms with Gasteiger partial charge in [-0.2, -0.15) is 0 Å². The molecule has 5 heteroatoms. The number of carboxylic acid groups (broad SMARTS) is 1. The highest BCUT2D eigenvalue weighted by atomic mass is 32.1. The van der Waals surface area contributed by atoms with Crippen molar-refractivity contribution >= 4 is 22.4 Å². The summed E-state index contributed by atoms with van der Waals surface area (Å²) < 4.78 is 0. The van der Waals surface area contributed by atoms with Crippen LogP contribution in [0.25, 0.3) is 0 Å². The summed E-state index contributed by atoms with van der Waals surface area (Å²) in [7, 11) is 0. The van der Waals surface area contributed by atoms with Crippen LogP contribution in [0.3, 0.4) is 0 Å². The number of anilines is 1. The molecule has 2 heterocycles. The predicted octanol–water partition coefficient (Wildman–Crippen LogP) is 2.71. The van der Waals surface area contributed by atoms with Crippen molar-refractivity contribution in [3.8, 4) is 0 Å². The molecule has 0 fully saturated rings. The Hall–Kier alpha value is -1.88. The minimum absolute atomic E-state index is 0.179. The van der Waals surface area contributed by atoms with Crippen molar-refractivity contribution in [2.24, 2.45) is 0 Å². The van der Waals surface area contributed by atoms with Crippen LogP contribution in [0.1, 0.15) is 26.5 Å². The molecule has 98 valence electrons. The van der Waals surface area contributed by atoms with Gasteiger partial charge in [0, 0.05) is 18.0 Å². The summed E-state index contributed by atoms with van der Waals surface area (Å²) in [5, 5.41) is 9.87. The van der Waals surface area contributed by atoms with Crippen LogP contribution in [0.2, 0.25) is 0 Å². The van der Waals surface area contributed by atoms with Crippen molar-refractivity contribution in [2.75, 3.05) is 11.4 Å². The third-order valence-corrected chi connectivity index (χ3v) is 4.42. The van der Waals surface area contributed by atoms with Crippen LogP contribution < -0.4 is 4.90 Å². The van der Waals surface area contributed by atoms with Crippen molar-refractivity contribution in [2.45, 2.75) is 19.9 Å². The highest BCUT2D eigenvalue weighted by Crippen LogP contribution is 2.29. The summed E-state index contributed by atoms with van der Waals surface area (Å²) in [6.07, 6.45) is 0.983. The number of carbonyl (C=O) groups is 1. The molecule has 0 saturated carbocycles. The molecular weight excluding hydrogens is 260 g/mol. The largest absolute Gasteiger partial charge is 0.476 e. The van der Waals surface area contributed by atoms with E-state index in [1.807, 2.05) is 13.0 Å². The van der Waals surface area contributed by atoms with Crippen LogP contribution in [0.15, 0.2) is 24.3 Å². The summed E-state index contributed by atoms with van der Waals surface area (Å²) >= 11 is 1.46. The molecule has 1 aromatic heterocycles. The van der Waals surface area contributed by atoms with Gasteiger partial charge in [0.15, 0.2) is 10.8 Å². The van der Waals surface area contributed by atoms with Crippen molar-refractivity contribution < 1.29 is 9.90 Å². The molecule has 19 heavy (non-hydrogen) atoms. The number of aromatic nitrogens is 1. The van der Waals surface area contributed by atoms with Crippen LogP contribution in [0.4, 0.5) is 5.13 Å². The molecule has 0 unspecified atom stereocenters. The van der Waals surface area contributed by atoms with Crippen molar-refractivity contribution in [1.82, 2.24) is 4.98 Å². The van der Waals surface area contributed by atoms with Crippen LogP contribution >= 0.6 is 11.3 Å².